The molecule has 6 heteroatoms. The van der Waals surface area contributed by atoms with Crippen LogP contribution >= 0.6 is 24.0 Å². The number of likely N-dealkylation sites (N-methyl/N-ethyl adjacent to an activating group) is 1. The Kier molecular flexibility index (Phi) is 9.74. The molecular weight excluding hydrogens is 427 g/mol. The van der Waals surface area contributed by atoms with Gasteiger partial charge in [0, 0.05) is 19.1 Å². The first-order valence-electron chi connectivity index (χ1n) is 9.11. The van der Waals surface area contributed by atoms with Gasteiger partial charge in [-0.05, 0) is 45.3 Å². The molecule has 1 aliphatic heterocycles. The van der Waals surface area contributed by atoms with Crippen LogP contribution < -0.4 is 10.6 Å². The summed E-state index contributed by atoms with van der Waals surface area (Å²) < 4.78 is 0. The molecule has 0 radical (unpaired) electrons. The van der Waals surface area contributed by atoms with E-state index < -0.39 is 5.60 Å². The Morgan fingerprint density at radius 2 is 2.00 bits per heavy atom. The molecule has 0 bridgehead atoms. The first-order chi connectivity index (χ1) is 11.6. The zero-order valence-corrected chi connectivity index (χ0v) is 18.0. The molecule has 0 aliphatic carbocycles. The van der Waals surface area contributed by atoms with Crippen molar-refractivity contribution in [2.75, 3.05) is 32.7 Å². The molecule has 1 aromatic rings. The van der Waals surface area contributed by atoms with Gasteiger partial charge in [-0.1, -0.05) is 37.3 Å². The van der Waals surface area contributed by atoms with Crippen LogP contribution in [0.5, 0.6) is 0 Å². The molecule has 2 unspecified atom stereocenters. The number of aliphatic hydroxyl groups is 1. The summed E-state index contributed by atoms with van der Waals surface area (Å²) in [7, 11) is 0. The summed E-state index contributed by atoms with van der Waals surface area (Å²) in [4.78, 5) is 7.11. The molecule has 0 aromatic heterocycles. The second kappa shape index (κ2) is 11.0. The van der Waals surface area contributed by atoms with Crippen molar-refractivity contribution in [2.45, 2.75) is 45.3 Å². The third-order valence-corrected chi connectivity index (χ3v) is 4.70. The lowest BCUT2D eigenvalue weighted by atomic mass is 9.96. The number of nitrogens with one attached hydrogen (secondary N) is 2. The summed E-state index contributed by atoms with van der Waals surface area (Å²) in [5.41, 5.74) is -0.0792. The summed E-state index contributed by atoms with van der Waals surface area (Å²) in [6.07, 6.45) is 2.51. The molecule has 1 saturated heterocycles. The van der Waals surface area contributed by atoms with Crippen LogP contribution in [0, 0.1) is 0 Å². The van der Waals surface area contributed by atoms with E-state index in [-0.39, 0.29) is 24.0 Å². The number of hydrogen-bond acceptors (Lipinski definition) is 3. The van der Waals surface area contributed by atoms with E-state index in [1.54, 1.807) is 0 Å². The Bertz CT molecular complexity index is 521. The second-order valence-corrected chi connectivity index (χ2v) is 6.64. The molecule has 2 rings (SSSR count). The second-order valence-electron chi connectivity index (χ2n) is 6.64. The molecule has 1 fully saturated rings. The fourth-order valence-electron chi connectivity index (χ4n) is 3.22. The van der Waals surface area contributed by atoms with E-state index in [0.29, 0.717) is 12.6 Å². The highest BCUT2D eigenvalue weighted by atomic mass is 127. The van der Waals surface area contributed by atoms with Gasteiger partial charge in [-0.25, -0.2) is 4.99 Å². The summed E-state index contributed by atoms with van der Waals surface area (Å²) in [6, 6.07) is 10.3. The van der Waals surface area contributed by atoms with Crippen molar-refractivity contribution in [3.8, 4) is 0 Å². The molecule has 0 spiro atoms. The average molecular weight is 460 g/mol. The number of aliphatic imine (C=N–C) groups is 1. The Morgan fingerprint density at radius 1 is 1.28 bits per heavy atom. The fraction of sp³-hybridized carbons (Fsp3) is 0.632. The standard InChI is InChI=1S/C19H32N4O.HI/c1-4-20-18(21-14-17-12-9-13-23(17)5-2)22-15-19(3,24)16-10-7-6-8-11-16;/h6-8,10-11,17,24H,4-5,9,12-15H2,1-3H3,(H2,20,21,22);1H. The van der Waals surface area contributed by atoms with Crippen LogP contribution in [0.1, 0.15) is 39.2 Å². The third kappa shape index (κ3) is 6.75. The van der Waals surface area contributed by atoms with E-state index in [1.165, 1.54) is 19.4 Å². The molecule has 5 nitrogen and oxygen atoms in total. The highest BCUT2D eigenvalue weighted by Gasteiger charge is 2.24. The average Bonchev–Trinajstić information content (AvgIpc) is 3.06. The Hall–Kier alpha value is -0.860. The molecule has 1 aliphatic rings. The van der Waals surface area contributed by atoms with Crippen molar-refractivity contribution in [1.29, 1.82) is 0 Å². The van der Waals surface area contributed by atoms with Gasteiger partial charge in [0.25, 0.3) is 0 Å². The summed E-state index contributed by atoms with van der Waals surface area (Å²) in [5.74, 6) is 0.775. The number of nitrogens with zero attached hydrogens (tertiary/aromatic N) is 2. The zero-order chi connectivity index (χ0) is 17.4. The fourth-order valence-corrected chi connectivity index (χ4v) is 3.22. The third-order valence-electron chi connectivity index (χ3n) is 4.70. The molecule has 1 aromatic carbocycles. The normalized spacial score (nSPS) is 20.6. The predicted molar refractivity (Wildman–Crippen MR) is 116 cm³/mol. The molecule has 0 saturated carbocycles. The summed E-state index contributed by atoms with van der Waals surface area (Å²) in [5, 5.41) is 17.4. The monoisotopic (exact) mass is 460 g/mol. The number of halogens is 1. The van der Waals surface area contributed by atoms with Crippen LogP contribution in [0.15, 0.2) is 35.3 Å². The molecule has 25 heavy (non-hydrogen) atoms. The number of likely N-dealkylation sites (tertiary alicyclic amines) is 1. The van der Waals surface area contributed by atoms with Crippen molar-refractivity contribution in [2.24, 2.45) is 4.99 Å². The maximum atomic E-state index is 10.7. The number of rotatable bonds is 7. The van der Waals surface area contributed by atoms with Crippen molar-refractivity contribution in [3.63, 3.8) is 0 Å². The van der Waals surface area contributed by atoms with E-state index in [2.05, 4.69) is 34.4 Å². The minimum absolute atomic E-state index is 0. The van der Waals surface area contributed by atoms with Gasteiger partial charge in [-0.3, -0.25) is 4.90 Å². The van der Waals surface area contributed by atoms with Gasteiger partial charge in [0.05, 0.1) is 6.54 Å². The van der Waals surface area contributed by atoms with Crippen molar-refractivity contribution < 1.29 is 5.11 Å². The molecular formula is C19H33IN4O. The molecule has 142 valence electrons. The van der Waals surface area contributed by atoms with Gasteiger partial charge < -0.3 is 15.7 Å². The lowest BCUT2D eigenvalue weighted by Crippen LogP contribution is -2.45. The van der Waals surface area contributed by atoms with Gasteiger partial charge >= 0.3 is 0 Å². The Labute approximate surface area is 169 Å². The van der Waals surface area contributed by atoms with E-state index in [0.717, 1.165) is 31.2 Å². The highest BCUT2D eigenvalue weighted by Crippen LogP contribution is 2.20. The minimum Gasteiger partial charge on any atom is -0.384 e. The van der Waals surface area contributed by atoms with Crippen molar-refractivity contribution in [1.82, 2.24) is 15.5 Å². The predicted octanol–water partition coefficient (Wildman–Crippen LogP) is 2.55. The lowest BCUT2D eigenvalue weighted by molar-refractivity contribution is 0.0672. The smallest absolute Gasteiger partial charge is 0.191 e. The van der Waals surface area contributed by atoms with E-state index in [4.69, 9.17) is 0 Å². The first-order valence-corrected chi connectivity index (χ1v) is 9.11. The number of guanidine groups is 1. The highest BCUT2D eigenvalue weighted by molar-refractivity contribution is 14.0. The van der Waals surface area contributed by atoms with E-state index in [1.807, 2.05) is 37.3 Å². The maximum Gasteiger partial charge on any atom is 0.191 e. The van der Waals surface area contributed by atoms with E-state index >= 15 is 0 Å². The van der Waals surface area contributed by atoms with Crippen LogP contribution in [0.25, 0.3) is 0 Å². The van der Waals surface area contributed by atoms with Gasteiger partial charge in [-0.15, -0.1) is 24.0 Å². The van der Waals surface area contributed by atoms with Crippen LogP contribution in [0.4, 0.5) is 0 Å². The lowest BCUT2D eigenvalue weighted by Gasteiger charge is -2.25. The summed E-state index contributed by atoms with van der Waals surface area (Å²) in [6.45, 7) is 10.4. The van der Waals surface area contributed by atoms with Crippen molar-refractivity contribution >= 4 is 29.9 Å². The molecule has 0 amide bonds. The van der Waals surface area contributed by atoms with Crippen LogP contribution in [-0.4, -0.2) is 54.7 Å². The Morgan fingerprint density at radius 3 is 2.64 bits per heavy atom. The topological polar surface area (TPSA) is 59.9 Å². The van der Waals surface area contributed by atoms with Gasteiger partial charge in [0.1, 0.15) is 5.60 Å². The molecule has 2 atom stereocenters. The number of hydrogen-bond donors (Lipinski definition) is 3. The SMILES string of the molecule is CCNC(=NCC(C)(O)c1ccccc1)NCC1CCCN1CC.I. The minimum atomic E-state index is -0.966. The Balaban J connectivity index is 0.00000312. The quantitative estimate of drug-likeness (QED) is 0.333. The van der Waals surface area contributed by atoms with Gasteiger partial charge in [0.15, 0.2) is 5.96 Å². The van der Waals surface area contributed by atoms with Crippen LogP contribution in [0.3, 0.4) is 0 Å². The first kappa shape index (κ1) is 22.2. The number of benzene rings is 1. The van der Waals surface area contributed by atoms with Crippen LogP contribution in [-0.2, 0) is 5.60 Å². The van der Waals surface area contributed by atoms with Crippen molar-refractivity contribution in [3.05, 3.63) is 35.9 Å². The maximum absolute atomic E-state index is 10.7. The zero-order valence-electron chi connectivity index (χ0n) is 15.7. The van der Waals surface area contributed by atoms with Gasteiger partial charge in [0.2, 0.25) is 0 Å². The van der Waals surface area contributed by atoms with Gasteiger partial charge in [-0.2, -0.15) is 0 Å². The molecule has 3 N–H and O–H groups in total. The summed E-state index contributed by atoms with van der Waals surface area (Å²) >= 11 is 0. The van der Waals surface area contributed by atoms with Crippen LogP contribution in [0.2, 0.25) is 0 Å². The van der Waals surface area contributed by atoms with E-state index in [9.17, 15) is 5.11 Å². The molecule has 1 heterocycles. The largest absolute Gasteiger partial charge is 0.384 e.